The zero-order chi connectivity index (χ0) is 14.9. The van der Waals surface area contributed by atoms with E-state index in [9.17, 15) is 0 Å². The summed E-state index contributed by atoms with van der Waals surface area (Å²) in [5.74, 6) is 1.57. The number of hydrogen-bond acceptors (Lipinski definition) is 3. The van der Waals surface area contributed by atoms with Gasteiger partial charge in [-0.25, -0.2) is 0 Å². The molecule has 0 aliphatic carbocycles. The number of benzene rings is 2. The average molecular weight is 306 g/mol. The number of hydrogen-bond donors (Lipinski definition) is 1. The van der Waals surface area contributed by atoms with E-state index < -0.39 is 0 Å². The second-order valence-corrected chi connectivity index (χ2v) is 4.92. The van der Waals surface area contributed by atoms with Crippen molar-refractivity contribution in [2.24, 2.45) is 0 Å². The lowest BCUT2D eigenvalue weighted by atomic mass is 10.2. The molecule has 1 N–H and O–H groups in total. The predicted octanol–water partition coefficient (Wildman–Crippen LogP) is 3.91. The Balaban J connectivity index is 1.82. The number of rotatable bonds is 8. The van der Waals surface area contributed by atoms with Crippen molar-refractivity contribution in [3.05, 3.63) is 59.1 Å². The number of nitrogens with one attached hydrogen (secondary N) is 1. The second-order valence-electron chi connectivity index (χ2n) is 4.52. The molecule has 0 radical (unpaired) electrons. The van der Waals surface area contributed by atoms with E-state index >= 15 is 0 Å². The van der Waals surface area contributed by atoms with Crippen LogP contribution in [0, 0.1) is 0 Å². The van der Waals surface area contributed by atoms with E-state index in [-0.39, 0.29) is 0 Å². The van der Waals surface area contributed by atoms with Crippen LogP contribution in [0.15, 0.2) is 48.5 Å². The molecule has 0 aromatic heterocycles. The van der Waals surface area contributed by atoms with Crippen LogP contribution in [0.5, 0.6) is 11.5 Å². The Labute approximate surface area is 130 Å². The second kappa shape index (κ2) is 8.55. The van der Waals surface area contributed by atoms with Crippen molar-refractivity contribution in [3.8, 4) is 11.5 Å². The van der Waals surface area contributed by atoms with E-state index in [1.165, 1.54) is 0 Å². The molecule has 0 unspecified atom stereocenters. The van der Waals surface area contributed by atoms with Gasteiger partial charge in [-0.2, -0.15) is 0 Å². The molecule has 0 spiro atoms. The molecule has 4 heteroatoms. The third-order valence-electron chi connectivity index (χ3n) is 2.97. The Morgan fingerprint density at radius 1 is 0.905 bits per heavy atom. The number of para-hydroxylation sites is 2. The quantitative estimate of drug-likeness (QED) is 0.750. The first-order chi connectivity index (χ1) is 10.3. The van der Waals surface area contributed by atoms with Crippen molar-refractivity contribution in [3.63, 3.8) is 0 Å². The van der Waals surface area contributed by atoms with Crippen LogP contribution in [-0.4, -0.2) is 19.8 Å². The summed E-state index contributed by atoms with van der Waals surface area (Å²) >= 11 is 6.03. The van der Waals surface area contributed by atoms with Gasteiger partial charge in [-0.05, 0) is 24.7 Å². The molecular formula is C17H20ClNO2. The highest BCUT2D eigenvalue weighted by Gasteiger charge is 2.03. The normalized spacial score (nSPS) is 10.4. The van der Waals surface area contributed by atoms with E-state index in [2.05, 4.69) is 18.3 Å². The lowest BCUT2D eigenvalue weighted by molar-refractivity contribution is 0.216. The summed E-state index contributed by atoms with van der Waals surface area (Å²) in [5, 5.41) is 3.92. The third kappa shape index (κ3) is 4.96. The molecule has 0 saturated carbocycles. The number of ether oxygens (including phenoxy) is 2. The highest BCUT2D eigenvalue weighted by molar-refractivity contribution is 6.32. The van der Waals surface area contributed by atoms with Gasteiger partial charge in [0.15, 0.2) is 0 Å². The third-order valence-corrected chi connectivity index (χ3v) is 3.29. The lowest BCUT2D eigenvalue weighted by Crippen LogP contribution is -2.14. The summed E-state index contributed by atoms with van der Waals surface area (Å²) in [7, 11) is 0. The zero-order valence-electron chi connectivity index (χ0n) is 12.1. The summed E-state index contributed by atoms with van der Waals surface area (Å²) in [6.07, 6.45) is 0. The molecule has 0 atom stereocenters. The van der Waals surface area contributed by atoms with Gasteiger partial charge in [0.2, 0.25) is 0 Å². The Morgan fingerprint density at radius 2 is 1.52 bits per heavy atom. The molecule has 0 amide bonds. The van der Waals surface area contributed by atoms with Gasteiger partial charge in [-0.15, -0.1) is 0 Å². The summed E-state index contributed by atoms with van der Waals surface area (Å²) in [6, 6.07) is 15.5. The van der Waals surface area contributed by atoms with E-state index in [0.717, 1.165) is 24.4 Å². The maximum absolute atomic E-state index is 6.03. The molecule has 2 aromatic carbocycles. The first-order valence-electron chi connectivity index (χ1n) is 7.10. The van der Waals surface area contributed by atoms with Gasteiger partial charge in [-0.1, -0.05) is 48.9 Å². The van der Waals surface area contributed by atoms with Crippen LogP contribution >= 0.6 is 11.6 Å². The van der Waals surface area contributed by atoms with Gasteiger partial charge in [-0.3, -0.25) is 0 Å². The minimum absolute atomic E-state index is 0.458. The minimum atomic E-state index is 0.458. The Kier molecular flexibility index (Phi) is 6.38. The molecule has 0 aliphatic rings. The van der Waals surface area contributed by atoms with Gasteiger partial charge in [0.05, 0.1) is 5.02 Å². The molecule has 21 heavy (non-hydrogen) atoms. The fourth-order valence-corrected chi connectivity index (χ4v) is 2.11. The fraction of sp³-hybridized carbons (Fsp3) is 0.294. The first kappa shape index (κ1) is 15.7. The summed E-state index contributed by atoms with van der Waals surface area (Å²) in [4.78, 5) is 0. The van der Waals surface area contributed by atoms with Crippen molar-refractivity contribution >= 4 is 11.6 Å². The molecule has 3 nitrogen and oxygen atoms in total. The molecule has 2 rings (SSSR count). The van der Waals surface area contributed by atoms with Crippen LogP contribution in [0.25, 0.3) is 0 Å². The van der Waals surface area contributed by atoms with Gasteiger partial charge >= 0.3 is 0 Å². The monoisotopic (exact) mass is 305 g/mol. The van der Waals surface area contributed by atoms with Crippen molar-refractivity contribution in [2.45, 2.75) is 13.5 Å². The number of halogens is 1. The maximum atomic E-state index is 6.03. The van der Waals surface area contributed by atoms with Gasteiger partial charge in [0.1, 0.15) is 24.7 Å². The Bertz CT molecular complexity index is 560. The molecule has 2 aromatic rings. The molecular weight excluding hydrogens is 286 g/mol. The van der Waals surface area contributed by atoms with Crippen LogP contribution in [-0.2, 0) is 6.54 Å². The molecule has 0 saturated heterocycles. The van der Waals surface area contributed by atoms with E-state index in [4.69, 9.17) is 21.1 Å². The van der Waals surface area contributed by atoms with Crippen LogP contribution in [0.2, 0.25) is 5.02 Å². The standard InChI is InChI=1S/C17H20ClNO2/c1-2-19-13-14-7-3-5-9-16(14)20-11-12-21-17-10-6-4-8-15(17)18/h3-10,19H,2,11-13H2,1H3. The van der Waals surface area contributed by atoms with Crippen LogP contribution in [0.1, 0.15) is 12.5 Å². The van der Waals surface area contributed by atoms with Crippen LogP contribution in [0.4, 0.5) is 0 Å². The highest BCUT2D eigenvalue weighted by atomic mass is 35.5. The van der Waals surface area contributed by atoms with Gasteiger partial charge in [0.25, 0.3) is 0 Å². The molecule has 0 fully saturated rings. The van der Waals surface area contributed by atoms with Gasteiger partial charge < -0.3 is 14.8 Å². The average Bonchev–Trinajstić information content (AvgIpc) is 2.52. The van der Waals surface area contributed by atoms with Crippen molar-refractivity contribution in [2.75, 3.05) is 19.8 Å². The van der Waals surface area contributed by atoms with Crippen molar-refractivity contribution in [1.29, 1.82) is 0 Å². The SMILES string of the molecule is CCNCc1ccccc1OCCOc1ccccc1Cl. The van der Waals surface area contributed by atoms with E-state index in [1.54, 1.807) is 0 Å². The zero-order valence-corrected chi connectivity index (χ0v) is 12.9. The largest absolute Gasteiger partial charge is 0.490 e. The predicted molar refractivity (Wildman–Crippen MR) is 86.3 cm³/mol. The molecule has 0 aliphatic heterocycles. The molecule has 0 heterocycles. The van der Waals surface area contributed by atoms with Crippen LogP contribution < -0.4 is 14.8 Å². The molecule has 112 valence electrons. The minimum Gasteiger partial charge on any atom is -0.490 e. The lowest BCUT2D eigenvalue weighted by Gasteiger charge is -2.12. The highest BCUT2D eigenvalue weighted by Crippen LogP contribution is 2.23. The summed E-state index contributed by atoms with van der Waals surface area (Å²) in [5.41, 5.74) is 1.15. The first-order valence-corrected chi connectivity index (χ1v) is 7.48. The smallest absolute Gasteiger partial charge is 0.138 e. The van der Waals surface area contributed by atoms with Crippen LogP contribution in [0.3, 0.4) is 0 Å². The van der Waals surface area contributed by atoms with Crippen molar-refractivity contribution in [1.82, 2.24) is 5.32 Å². The maximum Gasteiger partial charge on any atom is 0.138 e. The van der Waals surface area contributed by atoms with E-state index in [1.807, 2.05) is 42.5 Å². The Morgan fingerprint density at radius 3 is 2.24 bits per heavy atom. The molecule has 0 bridgehead atoms. The topological polar surface area (TPSA) is 30.5 Å². The van der Waals surface area contributed by atoms with E-state index in [0.29, 0.717) is 24.0 Å². The van der Waals surface area contributed by atoms with Gasteiger partial charge in [0, 0.05) is 12.1 Å². The Hall–Kier alpha value is -1.71. The fourth-order valence-electron chi connectivity index (χ4n) is 1.92. The summed E-state index contributed by atoms with van der Waals surface area (Å²) in [6.45, 7) is 4.76. The summed E-state index contributed by atoms with van der Waals surface area (Å²) < 4.78 is 11.4. The van der Waals surface area contributed by atoms with Crippen molar-refractivity contribution < 1.29 is 9.47 Å².